The van der Waals surface area contributed by atoms with Crippen LogP contribution in [0.2, 0.25) is 0 Å². The molecule has 2 aromatic carbocycles. The molecule has 0 fully saturated rings. The van der Waals surface area contributed by atoms with Gasteiger partial charge in [-0.25, -0.2) is 14.3 Å². The number of rotatable bonds is 6. The molecule has 0 atom stereocenters. The summed E-state index contributed by atoms with van der Waals surface area (Å²) in [6, 6.07) is 17.1. The molecule has 2 heterocycles. The zero-order valence-electron chi connectivity index (χ0n) is 17.2. The molecular formula is C24H22N4O3. The first-order valence-corrected chi connectivity index (χ1v) is 9.85. The first-order valence-electron chi connectivity index (χ1n) is 9.85. The SMILES string of the molecule is CC(C)c1c(C=CC(=O)O)c(-c2ccc(Oc3ccccc3)cc2)c2c(N)ncnn12. The van der Waals surface area contributed by atoms with Gasteiger partial charge < -0.3 is 15.6 Å². The molecule has 0 unspecified atom stereocenters. The Labute approximate surface area is 179 Å². The van der Waals surface area contributed by atoms with E-state index in [1.54, 1.807) is 10.6 Å². The van der Waals surface area contributed by atoms with Crippen LogP contribution in [-0.4, -0.2) is 25.7 Å². The van der Waals surface area contributed by atoms with Gasteiger partial charge in [0.05, 0.1) is 5.69 Å². The van der Waals surface area contributed by atoms with E-state index in [2.05, 4.69) is 10.1 Å². The minimum Gasteiger partial charge on any atom is -0.478 e. The largest absolute Gasteiger partial charge is 0.478 e. The third-order valence-electron chi connectivity index (χ3n) is 4.89. The van der Waals surface area contributed by atoms with Gasteiger partial charge in [-0.3, -0.25) is 0 Å². The van der Waals surface area contributed by atoms with Crippen LogP contribution in [0.5, 0.6) is 11.5 Å². The lowest BCUT2D eigenvalue weighted by Gasteiger charge is -2.08. The zero-order valence-corrected chi connectivity index (χ0v) is 17.2. The van der Waals surface area contributed by atoms with Crippen molar-refractivity contribution >= 4 is 23.4 Å². The standard InChI is InChI=1S/C24H22N4O3/c1-15(2)22-19(12-13-20(29)30)21(23-24(25)26-14-27-28(22)23)16-8-10-18(11-9-16)31-17-6-4-3-5-7-17/h3-15H,1-2H3,(H,29,30)(H2,25,26,27). The molecule has 0 aliphatic heterocycles. The van der Waals surface area contributed by atoms with Crippen molar-refractivity contribution in [3.8, 4) is 22.6 Å². The molecule has 0 aliphatic rings. The Morgan fingerprint density at radius 2 is 1.77 bits per heavy atom. The molecule has 0 bridgehead atoms. The molecule has 156 valence electrons. The summed E-state index contributed by atoms with van der Waals surface area (Å²) in [5.74, 6) is 0.807. The highest BCUT2D eigenvalue weighted by Crippen LogP contribution is 2.39. The lowest BCUT2D eigenvalue weighted by atomic mass is 9.97. The van der Waals surface area contributed by atoms with E-state index in [0.717, 1.165) is 34.2 Å². The number of nitrogen functional groups attached to an aromatic ring is 1. The van der Waals surface area contributed by atoms with E-state index in [-0.39, 0.29) is 5.92 Å². The summed E-state index contributed by atoms with van der Waals surface area (Å²) >= 11 is 0. The summed E-state index contributed by atoms with van der Waals surface area (Å²) in [5.41, 5.74) is 10.1. The van der Waals surface area contributed by atoms with Gasteiger partial charge in [0.15, 0.2) is 5.82 Å². The van der Waals surface area contributed by atoms with E-state index < -0.39 is 5.97 Å². The Morgan fingerprint density at radius 3 is 2.42 bits per heavy atom. The van der Waals surface area contributed by atoms with Crippen molar-refractivity contribution in [2.45, 2.75) is 19.8 Å². The number of nitrogens with zero attached hydrogens (tertiary/aromatic N) is 3. The highest BCUT2D eigenvalue weighted by atomic mass is 16.5. The number of fused-ring (bicyclic) bond motifs is 1. The predicted octanol–water partition coefficient (Wildman–Crippen LogP) is 4.99. The molecular weight excluding hydrogens is 392 g/mol. The summed E-state index contributed by atoms with van der Waals surface area (Å²) in [5, 5.41) is 13.6. The van der Waals surface area contributed by atoms with Crippen LogP contribution in [0, 0.1) is 0 Å². The number of ether oxygens (including phenoxy) is 1. The molecule has 0 spiro atoms. The van der Waals surface area contributed by atoms with Crippen LogP contribution in [-0.2, 0) is 4.79 Å². The molecule has 0 radical (unpaired) electrons. The fourth-order valence-electron chi connectivity index (χ4n) is 3.64. The number of para-hydroxylation sites is 1. The van der Waals surface area contributed by atoms with Crippen LogP contribution in [0.4, 0.5) is 5.82 Å². The van der Waals surface area contributed by atoms with Crippen LogP contribution in [0.15, 0.2) is 67.0 Å². The van der Waals surface area contributed by atoms with E-state index in [4.69, 9.17) is 10.5 Å². The highest BCUT2D eigenvalue weighted by Gasteiger charge is 2.23. The maximum absolute atomic E-state index is 11.2. The number of aliphatic carboxylic acids is 1. The number of carboxylic acids is 1. The molecule has 7 heteroatoms. The number of hydrogen-bond acceptors (Lipinski definition) is 5. The first-order chi connectivity index (χ1) is 15.0. The van der Waals surface area contributed by atoms with Gasteiger partial charge in [0, 0.05) is 17.2 Å². The van der Waals surface area contributed by atoms with Crippen LogP contribution >= 0.6 is 0 Å². The smallest absolute Gasteiger partial charge is 0.328 e. The van der Waals surface area contributed by atoms with E-state index in [0.29, 0.717) is 17.1 Å². The molecule has 0 aliphatic carbocycles. The normalized spacial score (nSPS) is 11.5. The van der Waals surface area contributed by atoms with Crippen molar-refractivity contribution in [2.24, 2.45) is 0 Å². The average molecular weight is 414 g/mol. The van der Waals surface area contributed by atoms with Gasteiger partial charge in [-0.2, -0.15) is 5.10 Å². The second kappa shape index (κ2) is 8.31. The van der Waals surface area contributed by atoms with Crippen molar-refractivity contribution in [1.82, 2.24) is 14.6 Å². The molecule has 3 N–H and O–H groups in total. The van der Waals surface area contributed by atoms with E-state index in [9.17, 15) is 9.90 Å². The van der Waals surface area contributed by atoms with Gasteiger partial charge in [0.2, 0.25) is 0 Å². The molecule has 7 nitrogen and oxygen atoms in total. The lowest BCUT2D eigenvalue weighted by Crippen LogP contribution is -2.03. The minimum atomic E-state index is -1.03. The van der Waals surface area contributed by atoms with Crippen LogP contribution in [0.25, 0.3) is 22.7 Å². The summed E-state index contributed by atoms with van der Waals surface area (Å²) in [6.07, 6.45) is 4.12. The third-order valence-corrected chi connectivity index (χ3v) is 4.89. The molecule has 4 aromatic rings. The summed E-state index contributed by atoms with van der Waals surface area (Å²) in [7, 11) is 0. The molecule has 0 saturated heterocycles. The van der Waals surface area contributed by atoms with Crippen molar-refractivity contribution in [2.75, 3.05) is 5.73 Å². The number of aromatic nitrogens is 3. The molecule has 0 amide bonds. The van der Waals surface area contributed by atoms with Gasteiger partial charge >= 0.3 is 5.97 Å². The van der Waals surface area contributed by atoms with Crippen LogP contribution < -0.4 is 10.5 Å². The first kappa shape index (κ1) is 20.2. The number of carboxylic acid groups (broad SMARTS) is 1. The van der Waals surface area contributed by atoms with Crippen LogP contribution in [0.1, 0.15) is 31.0 Å². The second-order valence-electron chi connectivity index (χ2n) is 7.35. The summed E-state index contributed by atoms with van der Waals surface area (Å²) in [6.45, 7) is 4.05. The van der Waals surface area contributed by atoms with Gasteiger partial charge in [0.25, 0.3) is 0 Å². The molecule has 31 heavy (non-hydrogen) atoms. The van der Waals surface area contributed by atoms with Gasteiger partial charge in [-0.05, 0) is 41.8 Å². The minimum absolute atomic E-state index is 0.0738. The van der Waals surface area contributed by atoms with Crippen molar-refractivity contribution < 1.29 is 14.6 Å². The van der Waals surface area contributed by atoms with E-state index >= 15 is 0 Å². The fourth-order valence-corrected chi connectivity index (χ4v) is 3.64. The Kier molecular flexibility index (Phi) is 5.41. The molecule has 2 aromatic heterocycles. The Morgan fingerprint density at radius 1 is 1.10 bits per heavy atom. The maximum Gasteiger partial charge on any atom is 0.328 e. The second-order valence-corrected chi connectivity index (χ2v) is 7.35. The quantitative estimate of drug-likeness (QED) is 0.431. The highest BCUT2D eigenvalue weighted by molar-refractivity contribution is 5.97. The number of anilines is 1. The Hall–Kier alpha value is -4.13. The zero-order chi connectivity index (χ0) is 22.0. The summed E-state index contributed by atoms with van der Waals surface area (Å²) in [4.78, 5) is 15.4. The Balaban J connectivity index is 1.88. The third kappa shape index (κ3) is 3.98. The number of carbonyl (C=O) groups is 1. The van der Waals surface area contributed by atoms with Gasteiger partial charge in [0.1, 0.15) is 23.3 Å². The van der Waals surface area contributed by atoms with Gasteiger partial charge in [-0.15, -0.1) is 0 Å². The van der Waals surface area contributed by atoms with Crippen molar-refractivity contribution in [3.63, 3.8) is 0 Å². The monoisotopic (exact) mass is 414 g/mol. The average Bonchev–Trinajstić information content (AvgIpc) is 3.09. The lowest BCUT2D eigenvalue weighted by molar-refractivity contribution is -0.131. The Bertz CT molecular complexity index is 1260. The number of nitrogens with two attached hydrogens (primary N) is 1. The van der Waals surface area contributed by atoms with Crippen LogP contribution in [0.3, 0.4) is 0 Å². The topological polar surface area (TPSA) is 103 Å². The van der Waals surface area contributed by atoms with E-state index in [1.807, 2.05) is 68.4 Å². The van der Waals surface area contributed by atoms with E-state index in [1.165, 1.54) is 6.33 Å². The number of hydrogen-bond donors (Lipinski definition) is 2. The maximum atomic E-state index is 11.2. The number of benzene rings is 2. The predicted molar refractivity (Wildman–Crippen MR) is 120 cm³/mol. The van der Waals surface area contributed by atoms with Crippen molar-refractivity contribution in [3.05, 3.63) is 78.3 Å². The van der Waals surface area contributed by atoms with Crippen molar-refractivity contribution in [1.29, 1.82) is 0 Å². The molecule has 0 saturated carbocycles. The van der Waals surface area contributed by atoms with Gasteiger partial charge in [-0.1, -0.05) is 44.2 Å². The molecule has 4 rings (SSSR count). The fraction of sp³-hybridized carbons (Fsp3) is 0.125. The summed E-state index contributed by atoms with van der Waals surface area (Å²) < 4.78 is 7.64.